The van der Waals surface area contributed by atoms with Crippen LogP contribution in [-0.4, -0.2) is 28.5 Å². The van der Waals surface area contributed by atoms with Crippen molar-refractivity contribution in [2.75, 3.05) is 12.4 Å². The molecule has 0 spiro atoms. The maximum absolute atomic E-state index is 5.92. The molecule has 102 valence electrons. The van der Waals surface area contributed by atoms with Crippen LogP contribution in [0.3, 0.4) is 0 Å². The highest BCUT2D eigenvalue weighted by Crippen LogP contribution is 2.32. The van der Waals surface area contributed by atoms with Gasteiger partial charge in [0.2, 0.25) is 0 Å². The van der Waals surface area contributed by atoms with Crippen LogP contribution >= 0.6 is 35.8 Å². The number of halogens is 2. The Kier molecular flexibility index (Phi) is 4.82. The first kappa shape index (κ1) is 14.8. The first-order valence-electron chi connectivity index (χ1n) is 6.09. The quantitative estimate of drug-likeness (QED) is 0.788. The average molecular weight is 315 g/mol. The van der Waals surface area contributed by atoms with Crippen molar-refractivity contribution in [2.24, 2.45) is 4.99 Å². The van der Waals surface area contributed by atoms with Crippen LogP contribution in [0.15, 0.2) is 40.4 Å². The first-order chi connectivity index (χ1) is 8.76. The molecule has 1 aromatic rings. The van der Waals surface area contributed by atoms with Crippen molar-refractivity contribution in [1.82, 2.24) is 4.90 Å². The number of amidine groups is 1. The Labute approximate surface area is 129 Å². The summed E-state index contributed by atoms with van der Waals surface area (Å²) in [5.41, 5.74) is 3.87. The molecule has 1 atom stereocenters. The van der Waals surface area contributed by atoms with E-state index in [1.165, 1.54) is 16.8 Å². The molecule has 3 rings (SSSR count). The fourth-order valence-electron chi connectivity index (χ4n) is 2.40. The molecule has 1 aromatic carbocycles. The molecule has 0 aromatic heterocycles. The summed E-state index contributed by atoms with van der Waals surface area (Å²) in [6.45, 7) is 3.10. The lowest BCUT2D eigenvalue weighted by Gasteiger charge is -2.16. The van der Waals surface area contributed by atoms with E-state index in [1.807, 2.05) is 0 Å². The highest BCUT2D eigenvalue weighted by Gasteiger charge is 2.31. The van der Waals surface area contributed by atoms with E-state index >= 15 is 0 Å². The van der Waals surface area contributed by atoms with Crippen molar-refractivity contribution in [3.05, 3.63) is 46.5 Å². The highest BCUT2D eigenvalue weighted by atomic mass is 35.5. The molecule has 0 aliphatic carbocycles. The van der Waals surface area contributed by atoms with Gasteiger partial charge in [0.1, 0.15) is 0 Å². The number of rotatable bonds is 3. The maximum Gasteiger partial charge on any atom is 0.168 e. The predicted octanol–water partition coefficient (Wildman–Crippen LogP) is 3.83. The monoisotopic (exact) mass is 314 g/mol. The molecule has 19 heavy (non-hydrogen) atoms. The van der Waals surface area contributed by atoms with E-state index in [4.69, 9.17) is 16.6 Å². The number of hydrogen-bond donors (Lipinski definition) is 0. The summed E-state index contributed by atoms with van der Waals surface area (Å²) >= 11 is 7.62. The summed E-state index contributed by atoms with van der Waals surface area (Å²) in [7, 11) is 0. The van der Waals surface area contributed by atoms with Crippen LogP contribution in [-0.2, 0) is 6.42 Å². The van der Waals surface area contributed by atoms with Crippen LogP contribution in [0.5, 0.6) is 0 Å². The molecule has 2 heterocycles. The SMILES string of the molecule is Cc1cccc(CC2CN3C(CCl)=CSC3=N2)c1.Cl. The van der Waals surface area contributed by atoms with Crippen LogP contribution in [0, 0.1) is 6.92 Å². The standard InChI is InChI=1S/C14H15ClN2S.ClH/c1-10-3-2-4-11(5-10)6-12-8-17-13(7-15)9-18-14(17)16-12;/h2-5,9,12H,6-8H2,1H3;1H. The van der Waals surface area contributed by atoms with Crippen LogP contribution < -0.4 is 0 Å². The van der Waals surface area contributed by atoms with Gasteiger partial charge in [-0.25, -0.2) is 0 Å². The number of allylic oxidation sites excluding steroid dienone is 1. The van der Waals surface area contributed by atoms with E-state index in [0.29, 0.717) is 11.9 Å². The van der Waals surface area contributed by atoms with E-state index in [1.54, 1.807) is 11.8 Å². The number of aliphatic imine (C=N–C) groups is 1. The molecule has 0 saturated heterocycles. The molecule has 0 N–H and O–H groups in total. The molecule has 2 aliphatic heterocycles. The Morgan fingerprint density at radius 1 is 1.47 bits per heavy atom. The number of benzene rings is 1. The summed E-state index contributed by atoms with van der Waals surface area (Å²) < 4.78 is 0. The van der Waals surface area contributed by atoms with Gasteiger partial charge in [-0.2, -0.15) is 0 Å². The summed E-state index contributed by atoms with van der Waals surface area (Å²) in [5.74, 6) is 0.573. The lowest BCUT2D eigenvalue weighted by Crippen LogP contribution is -2.25. The van der Waals surface area contributed by atoms with Crippen molar-refractivity contribution >= 4 is 40.9 Å². The lowest BCUT2D eigenvalue weighted by atomic mass is 10.0. The number of fused-ring (bicyclic) bond motifs is 1. The molecular formula is C14H16Cl2N2S. The Hall–Kier alpha value is -0.640. The van der Waals surface area contributed by atoms with Crippen LogP contribution in [0.25, 0.3) is 0 Å². The van der Waals surface area contributed by atoms with Crippen molar-refractivity contribution in [3.8, 4) is 0 Å². The molecule has 0 saturated carbocycles. The minimum Gasteiger partial charge on any atom is -0.321 e. The van der Waals surface area contributed by atoms with Crippen molar-refractivity contribution in [1.29, 1.82) is 0 Å². The van der Waals surface area contributed by atoms with E-state index < -0.39 is 0 Å². The van der Waals surface area contributed by atoms with Gasteiger partial charge in [-0.05, 0) is 24.3 Å². The third-order valence-electron chi connectivity index (χ3n) is 3.26. The van der Waals surface area contributed by atoms with Crippen molar-refractivity contribution in [3.63, 3.8) is 0 Å². The smallest absolute Gasteiger partial charge is 0.168 e. The maximum atomic E-state index is 5.92. The van der Waals surface area contributed by atoms with Gasteiger partial charge in [-0.15, -0.1) is 24.0 Å². The Morgan fingerprint density at radius 3 is 3.05 bits per heavy atom. The molecular weight excluding hydrogens is 299 g/mol. The number of hydrogen-bond acceptors (Lipinski definition) is 3. The first-order valence-corrected chi connectivity index (χ1v) is 7.50. The number of thioether (sulfide) groups is 1. The fraction of sp³-hybridized carbons (Fsp3) is 0.357. The van der Waals surface area contributed by atoms with E-state index in [0.717, 1.165) is 18.1 Å². The molecule has 0 amide bonds. The topological polar surface area (TPSA) is 15.6 Å². The van der Waals surface area contributed by atoms with E-state index in [9.17, 15) is 0 Å². The molecule has 0 radical (unpaired) electrons. The van der Waals surface area contributed by atoms with Crippen molar-refractivity contribution < 1.29 is 0 Å². The van der Waals surface area contributed by atoms with Crippen LogP contribution in [0.2, 0.25) is 0 Å². The van der Waals surface area contributed by atoms with Gasteiger partial charge >= 0.3 is 0 Å². The summed E-state index contributed by atoms with van der Waals surface area (Å²) in [6.07, 6.45) is 1.01. The molecule has 0 bridgehead atoms. The Bertz CT molecular complexity index is 528. The zero-order valence-electron chi connectivity index (χ0n) is 10.7. The number of aryl methyl sites for hydroxylation is 1. The van der Waals surface area contributed by atoms with Gasteiger partial charge in [0.15, 0.2) is 5.17 Å². The van der Waals surface area contributed by atoms with Gasteiger partial charge in [-0.3, -0.25) is 4.99 Å². The summed E-state index contributed by atoms with van der Waals surface area (Å²) in [4.78, 5) is 7.02. The third-order valence-corrected chi connectivity index (χ3v) is 4.46. The number of alkyl halides is 1. The second-order valence-electron chi connectivity index (χ2n) is 4.73. The Balaban J connectivity index is 0.00000133. The third kappa shape index (κ3) is 3.10. The second kappa shape index (κ2) is 6.21. The van der Waals surface area contributed by atoms with Gasteiger partial charge in [0, 0.05) is 12.2 Å². The van der Waals surface area contributed by atoms with Gasteiger partial charge in [0.05, 0.1) is 11.9 Å². The minimum atomic E-state index is 0. The average Bonchev–Trinajstić information content (AvgIpc) is 2.88. The lowest BCUT2D eigenvalue weighted by molar-refractivity contribution is 0.511. The zero-order chi connectivity index (χ0) is 12.5. The molecule has 0 fully saturated rings. The highest BCUT2D eigenvalue weighted by molar-refractivity contribution is 8.16. The summed E-state index contributed by atoms with van der Waals surface area (Å²) in [6, 6.07) is 9.04. The van der Waals surface area contributed by atoms with Crippen LogP contribution in [0.1, 0.15) is 11.1 Å². The zero-order valence-corrected chi connectivity index (χ0v) is 13.1. The summed E-state index contributed by atoms with van der Waals surface area (Å²) in [5, 5.41) is 3.22. The fourth-order valence-corrected chi connectivity index (χ4v) is 3.69. The van der Waals surface area contributed by atoms with Gasteiger partial charge < -0.3 is 4.90 Å². The van der Waals surface area contributed by atoms with E-state index in [-0.39, 0.29) is 12.4 Å². The van der Waals surface area contributed by atoms with Crippen LogP contribution in [0.4, 0.5) is 0 Å². The largest absolute Gasteiger partial charge is 0.321 e. The van der Waals surface area contributed by atoms with E-state index in [2.05, 4.69) is 41.5 Å². The molecule has 2 nitrogen and oxygen atoms in total. The second-order valence-corrected chi connectivity index (χ2v) is 5.83. The van der Waals surface area contributed by atoms with Crippen molar-refractivity contribution in [2.45, 2.75) is 19.4 Å². The molecule has 5 heteroatoms. The normalized spacial score (nSPS) is 20.7. The Morgan fingerprint density at radius 2 is 2.32 bits per heavy atom. The van der Waals surface area contributed by atoms with Gasteiger partial charge in [0.25, 0.3) is 0 Å². The molecule has 2 aliphatic rings. The predicted molar refractivity (Wildman–Crippen MR) is 86.5 cm³/mol. The van der Waals surface area contributed by atoms with Gasteiger partial charge in [-0.1, -0.05) is 41.6 Å². The molecule has 1 unspecified atom stereocenters. The minimum absolute atomic E-state index is 0. The number of nitrogens with zero attached hydrogens (tertiary/aromatic N) is 2.